The van der Waals surface area contributed by atoms with E-state index in [9.17, 15) is 5.11 Å². The molecule has 4 heteroatoms. The highest BCUT2D eigenvalue weighted by Crippen LogP contribution is 2.19. The SMILES string of the molecule is [O-]c1cc2ccccc2nc1-[n+]1ccn(-c2ccccc2)c1. The van der Waals surface area contributed by atoms with Crippen molar-refractivity contribution in [3.63, 3.8) is 0 Å². The highest BCUT2D eigenvalue weighted by molar-refractivity contribution is 5.80. The number of benzene rings is 2. The van der Waals surface area contributed by atoms with E-state index < -0.39 is 0 Å². The van der Waals surface area contributed by atoms with Crippen LogP contribution >= 0.6 is 0 Å². The summed E-state index contributed by atoms with van der Waals surface area (Å²) in [6.07, 6.45) is 5.60. The maximum absolute atomic E-state index is 12.3. The molecule has 4 nitrogen and oxygen atoms in total. The number of para-hydroxylation sites is 2. The van der Waals surface area contributed by atoms with Crippen molar-refractivity contribution >= 4 is 10.9 Å². The maximum atomic E-state index is 12.3. The van der Waals surface area contributed by atoms with Crippen LogP contribution in [0.25, 0.3) is 22.4 Å². The zero-order valence-corrected chi connectivity index (χ0v) is 11.8. The summed E-state index contributed by atoms with van der Waals surface area (Å²) in [5, 5.41) is 13.1. The Kier molecular flexibility index (Phi) is 2.86. The van der Waals surface area contributed by atoms with Gasteiger partial charge in [0.25, 0.3) is 5.82 Å². The van der Waals surface area contributed by atoms with Gasteiger partial charge < -0.3 is 5.11 Å². The van der Waals surface area contributed by atoms with E-state index in [1.54, 1.807) is 10.6 Å². The normalized spacial score (nSPS) is 10.9. The molecular weight excluding hydrogens is 274 g/mol. The molecule has 0 unspecified atom stereocenters. The lowest BCUT2D eigenvalue weighted by Crippen LogP contribution is -2.30. The average Bonchev–Trinajstić information content (AvgIpc) is 3.05. The number of imidazole rings is 1. The number of fused-ring (bicyclic) bond motifs is 1. The number of aromatic nitrogens is 3. The van der Waals surface area contributed by atoms with Gasteiger partial charge in [0, 0.05) is 5.39 Å². The molecule has 4 aromatic rings. The van der Waals surface area contributed by atoms with Gasteiger partial charge in [-0.25, -0.2) is 9.13 Å². The molecular formula is C18H13N3O. The average molecular weight is 287 g/mol. The summed E-state index contributed by atoms with van der Waals surface area (Å²) in [6.45, 7) is 0. The van der Waals surface area contributed by atoms with Crippen LogP contribution in [0.3, 0.4) is 0 Å². The minimum absolute atomic E-state index is 0.0884. The van der Waals surface area contributed by atoms with Gasteiger partial charge in [0.2, 0.25) is 0 Å². The van der Waals surface area contributed by atoms with E-state index >= 15 is 0 Å². The summed E-state index contributed by atoms with van der Waals surface area (Å²) < 4.78 is 3.71. The fraction of sp³-hybridized carbons (Fsp3) is 0. The van der Waals surface area contributed by atoms with Gasteiger partial charge in [0.1, 0.15) is 17.4 Å². The lowest BCUT2D eigenvalue weighted by atomic mass is 10.2. The predicted molar refractivity (Wildman–Crippen MR) is 82.0 cm³/mol. The van der Waals surface area contributed by atoms with Crippen LogP contribution in [0.15, 0.2) is 79.4 Å². The first-order valence-electron chi connectivity index (χ1n) is 7.03. The van der Waals surface area contributed by atoms with Crippen molar-refractivity contribution in [1.29, 1.82) is 0 Å². The van der Waals surface area contributed by atoms with Gasteiger partial charge in [-0.15, -0.1) is 4.98 Å². The summed E-state index contributed by atoms with van der Waals surface area (Å²) in [5.74, 6) is 0.322. The molecule has 0 saturated carbocycles. The molecule has 2 aromatic carbocycles. The standard InChI is InChI=1S/C18H13N3O/c22-17-12-14-6-4-5-9-16(14)19-18(17)21-11-10-20(13-21)15-7-2-1-3-8-15/h1-13H. The predicted octanol–water partition coefficient (Wildman–Crippen LogP) is 2.38. The summed E-state index contributed by atoms with van der Waals surface area (Å²) in [4.78, 5) is 4.49. The molecule has 0 spiro atoms. The first-order valence-corrected chi connectivity index (χ1v) is 7.03. The Hall–Kier alpha value is -3.14. The fourth-order valence-electron chi connectivity index (χ4n) is 2.50. The first kappa shape index (κ1) is 12.6. The van der Waals surface area contributed by atoms with Crippen molar-refractivity contribution in [2.75, 3.05) is 0 Å². The lowest BCUT2D eigenvalue weighted by molar-refractivity contribution is -0.602. The second kappa shape index (κ2) is 5.00. The molecule has 2 aromatic heterocycles. The van der Waals surface area contributed by atoms with Crippen LogP contribution in [0, 0.1) is 0 Å². The van der Waals surface area contributed by atoms with Gasteiger partial charge in [0.05, 0.1) is 6.20 Å². The van der Waals surface area contributed by atoms with Gasteiger partial charge in [0.15, 0.2) is 6.33 Å². The van der Waals surface area contributed by atoms with E-state index in [0.717, 1.165) is 16.6 Å². The molecule has 0 fully saturated rings. The molecule has 2 heterocycles. The Bertz CT molecular complexity index is 945. The third kappa shape index (κ3) is 2.11. The Balaban J connectivity index is 1.82. The topological polar surface area (TPSA) is 44.8 Å². The summed E-state index contributed by atoms with van der Waals surface area (Å²) in [6, 6.07) is 19.2. The number of hydrogen-bond donors (Lipinski definition) is 0. The highest BCUT2D eigenvalue weighted by Gasteiger charge is 2.11. The largest absolute Gasteiger partial charge is 0.868 e. The van der Waals surface area contributed by atoms with Gasteiger partial charge in [-0.05, 0) is 23.9 Å². The quantitative estimate of drug-likeness (QED) is 0.531. The van der Waals surface area contributed by atoms with Crippen LogP contribution in [0.4, 0.5) is 0 Å². The summed E-state index contributed by atoms with van der Waals surface area (Å²) in [7, 11) is 0. The van der Waals surface area contributed by atoms with Crippen molar-refractivity contribution in [1.82, 2.24) is 9.55 Å². The minimum Gasteiger partial charge on any atom is -0.868 e. The molecule has 4 rings (SSSR count). The molecule has 22 heavy (non-hydrogen) atoms. The zero-order chi connectivity index (χ0) is 14.9. The van der Waals surface area contributed by atoms with Crippen LogP contribution in [0.1, 0.15) is 0 Å². The van der Waals surface area contributed by atoms with E-state index in [0.29, 0.717) is 5.82 Å². The molecule has 0 saturated heterocycles. The number of hydrogen-bond acceptors (Lipinski definition) is 2. The number of rotatable bonds is 2. The first-order chi connectivity index (χ1) is 10.8. The molecule has 106 valence electrons. The van der Waals surface area contributed by atoms with Crippen LogP contribution in [-0.2, 0) is 0 Å². The molecule has 0 amide bonds. The molecule has 0 radical (unpaired) electrons. The summed E-state index contributed by atoms with van der Waals surface area (Å²) >= 11 is 0. The number of nitrogens with zero attached hydrogens (tertiary/aromatic N) is 3. The monoisotopic (exact) mass is 287 g/mol. The molecule has 0 N–H and O–H groups in total. The van der Waals surface area contributed by atoms with Crippen molar-refractivity contribution in [2.24, 2.45) is 0 Å². The third-order valence-electron chi connectivity index (χ3n) is 3.61. The van der Waals surface area contributed by atoms with Crippen LogP contribution in [0.2, 0.25) is 0 Å². The summed E-state index contributed by atoms with van der Waals surface area (Å²) in [5.41, 5.74) is 1.85. The van der Waals surface area contributed by atoms with E-state index in [-0.39, 0.29) is 5.75 Å². The Labute approximate surface area is 127 Å². The smallest absolute Gasteiger partial charge is 0.259 e. The van der Waals surface area contributed by atoms with Gasteiger partial charge in [-0.2, -0.15) is 0 Å². The van der Waals surface area contributed by atoms with E-state index in [1.807, 2.05) is 77.9 Å². The van der Waals surface area contributed by atoms with E-state index in [1.165, 1.54) is 0 Å². The second-order valence-corrected chi connectivity index (χ2v) is 5.07. The second-order valence-electron chi connectivity index (χ2n) is 5.07. The molecule has 0 bridgehead atoms. The Morgan fingerprint density at radius 3 is 2.59 bits per heavy atom. The van der Waals surface area contributed by atoms with Crippen molar-refractivity contribution in [3.8, 4) is 17.3 Å². The Morgan fingerprint density at radius 2 is 1.73 bits per heavy atom. The number of pyridine rings is 1. The van der Waals surface area contributed by atoms with Gasteiger partial charge in [-0.1, -0.05) is 42.5 Å². The van der Waals surface area contributed by atoms with Gasteiger partial charge in [-0.3, -0.25) is 0 Å². The molecule has 0 aliphatic carbocycles. The molecule has 0 atom stereocenters. The third-order valence-corrected chi connectivity index (χ3v) is 3.61. The molecule has 0 aliphatic rings. The lowest BCUT2D eigenvalue weighted by Gasteiger charge is -2.08. The van der Waals surface area contributed by atoms with Crippen molar-refractivity contribution in [3.05, 3.63) is 79.4 Å². The zero-order valence-electron chi connectivity index (χ0n) is 11.8. The van der Waals surface area contributed by atoms with Gasteiger partial charge >= 0.3 is 0 Å². The van der Waals surface area contributed by atoms with Crippen LogP contribution < -0.4 is 9.67 Å². The van der Waals surface area contributed by atoms with E-state index in [4.69, 9.17) is 0 Å². The highest BCUT2D eigenvalue weighted by atomic mass is 16.3. The van der Waals surface area contributed by atoms with Crippen LogP contribution in [0.5, 0.6) is 5.75 Å². The molecule has 0 aliphatic heterocycles. The van der Waals surface area contributed by atoms with Crippen molar-refractivity contribution < 1.29 is 9.67 Å². The van der Waals surface area contributed by atoms with Crippen molar-refractivity contribution in [2.45, 2.75) is 0 Å². The van der Waals surface area contributed by atoms with Crippen LogP contribution in [-0.4, -0.2) is 9.55 Å². The Morgan fingerprint density at radius 1 is 0.955 bits per heavy atom. The van der Waals surface area contributed by atoms with E-state index in [2.05, 4.69) is 4.98 Å². The fourth-order valence-corrected chi connectivity index (χ4v) is 2.50. The minimum atomic E-state index is -0.0884. The maximum Gasteiger partial charge on any atom is 0.259 e.